The predicted molar refractivity (Wildman–Crippen MR) is 106 cm³/mol. The lowest BCUT2D eigenvalue weighted by molar-refractivity contribution is -0.141. The van der Waals surface area contributed by atoms with Crippen molar-refractivity contribution in [2.45, 2.75) is 18.7 Å². The number of ether oxygens (including phenoxy) is 4. The zero-order valence-electron chi connectivity index (χ0n) is 16.3. The molecule has 0 saturated carbocycles. The summed E-state index contributed by atoms with van der Waals surface area (Å²) in [7, 11) is -4.05. The lowest BCUT2D eigenvalue weighted by Crippen LogP contribution is -2.36. The molecule has 0 aromatic heterocycles. The molecule has 0 spiro atoms. The van der Waals surface area contributed by atoms with Crippen LogP contribution >= 0.6 is 0 Å². The van der Waals surface area contributed by atoms with Gasteiger partial charge >= 0.3 is 5.97 Å². The van der Waals surface area contributed by atoms with E-state index in [1.807, 2.05) is 6.92 Å². The van der Waals surface area contributed by atoms with E-state index in [2.05, 4.69) is 0 Å². The number of carbonyl (C=O) groups is 1. The summed E-state index contributed by atoms with van der Waals surface area (Å²) in [5, 5.41) is 0. The number of benzene rings is 2. The molecule has 0 atom stereocenters. The van der Waals surface area contributed by atoms with Crippen LogP contribution in [0, 0.1) is 0 Å². The molecule has 2 aromatic carbocycles. The Kier molecular flexibility index (Phi) is 6.48. The van der Waals surface area contributed by atoms with E-state index in [4.69, 9.17) is 18.9 Å². The van der Waals surface area contributed by atoms with Crippen LogP contribution in [0.15, 0.2) is 47.4 Å². The van der Waals surface area contributed by atoms with Gasteiger partial charge < -0.3 is 18.9 Å². The second-order valence-corrected chi connectivity index (χ2v) is 7.91. The minimum atomic E-state index is -4.05. The standard InChI is InChI=1S/C20H23NO7S/c1-3-25-16-6-8-17(9-7-16)29(23,24)21(14-20(22)26-4-2)15-5-10-18-19(13-15)28-12-11-27-18/h5-10,13H,3-4,11-12,14H2,1-2H3. The van der Waals surface area contributed by atoms with Crippen molar-refractivity contribution >= 4 is 21.7 Å². The molecule has 0 aliphatic carbocycles. The fraction of sp³-hybridized carbons (Fsp3) is 0.350. The molecule has 1 aliphatic heterocycles. The summed E-state index contributed by atoms with van der Waals surface area (Å²) < 4.78 is 49.0. The van der Waals surface area contributed by atoms with E-state index in [1.54, 1.807) is 37.3 Å². The zero-order chi connectivity index (χ0) is 20.9. The number of nitrogens with zero attached hydrogens (tertiary/aromatic N) is 1. The third-order valence-corrected chi connectivity index (χ3v) is 5.90. The van der Waals surface area contributed by atoms with E-state index in [-0.39, 0.29) is 17.2 Å². The molecule has 29 heavy (non-hydrogen) atoms. The molecule has 0 fully saturated rings. The van der Waals surface area contributed by atoms with Gasteiger partial charge in [0, 0.05) is 6.07 Å². The van der Waals surface area contributed by atoms with E-state index >= 15 is 0 Å². The molecular weight excluding hydrogens is 398 g/mol. The Labute approximate surface area is 170 Å². The van der Waals surface area contributed by atoms with Crippen molar-refractivity contribution in [2.75, 3.05) is 37.3 Å². The molecule has 8 nitrogen and oxygen atoms in total. The molecule has 0 radical (unpaired) electrons. The third-order valence-electron chi connectivity index (χ3n) is 4.11. The van der Waals surface area contributed by atoms with E-state index in [0.717, 1.165) is 4.31 Å². The predicted octanol–water partition coefficient (Wildman–Crippen LogP) is 2.61. The summed E-state index contributed by atoms with van der Waals surface area (Å²) in [4.78, 5) is 12.2. The van der Waals surface area contributed by atoms with Gasteiger partial charge in [-0.2, -0.15) is 0 Å². The van der Waals surface area contributed by atoms with Crippen molar-refractivity contribution in [1.82, 2.24) is 0 Å². The van der Waals surface area contributed by atoms with Crippen LogP contribution in [0.5, 0.6) is 17.2 Å². The molecule has 0 N–H and O–H groups in total. The van der Waals surface area contributed by atoms with Crippen LogP contribution in [0.4, 0.5) is 5.69 Å². The summed E-state index contributed by atoms with van der Waals surface area (Å²) >= 11 is 0. The summed E-state index contributed by atoms with van der Waals surface area (Å²) in [6.07, 6.45) is 0. The normalized spacial score (nSPS) is 12.9. The van der Waals surface area contributed by atoms with E-state index in [9.17, 15) is 13.2 Å². The Morgan fingerprint density at radius 3 is 2.34 bits per heavy atom. The van der Waals surface area contributed by atoms with Crippen molar-refractivity contribution in [3.05, 3.63) is 42.5 Å². The fourth-order valence-electron chi connectivity index (χ4n) is 2.83. The quantitative estimate of drug-likeness (QED) is 0.605. The number of hydrogen-bond acceptors (Lipinski definition) is 7. The molecule has 156 valence electrons. The van der Waals surface area contributed by atoms with Gasteiger partial charge in [-0.3, -0.25) is 9.10 Å². The first kappa shape index (κ1) is 20.8. The number of carbonyl (C=O) groups excluding carboxylic acids is 1. The molecule has 3 rings (SSSR count). The molecular formula is C20H23NO7S. The number of sulfonamides is 1. The second-order valence-electron chi connectivity index (χ2n) is 6.05. The van der Waals surface area contributed by atoms with Crippen LogP contribution in [-0.2, 0) is 19.6 Å². The number of rotatable bonds is 8. The highest BCUT2D eigenvalue weighted by Gasteiger charge is 2.29. The van der Waals surface area contributed by atoms with Crippen molar-refractivity contribution in [2.24, 2.45) is 0 Å². The monoisotopic (exact) mass is 421 g/mol. The Morgan fingerprint density at radius 2 is 1.69 bits per heavy atom. The zero-order valence-corrected chi connectivity index (χ0v) is 17.1. The number of esters is 1. The van der Waals surface area contributed by atoms with Crippen molar-refractivity contribution in [3.8, 4) is 17.2 Å². The van der Waals surface area contributed by atoms with Gasteiger partial charge in [-0.25, -0.2) is 8.42 Å². The second kappa shape index (κ2) is 9.04. The maximum atomic E-state index is 13.3. The lowest BCUT2D eigenvalue weighted by Gasteiger charge is -2.26. The van der Waals surface area contributed by atoms with E-state index < -0.39 is 22.5 Å². The van der Waals surface area contributed by atoms with Gasteiger partial charge in [-0.1, -0.05) is 0 Å². The van der Waals surface area contributed by atoms with Crippen molar-refractivity contribution in [1.29, 1.82) is 0 Å². The highest BCUT2D eigenvalue weighted by Crippen LogP contribution is 2.35. The van der Waals surface area contributed by atoms with Crippen LogP contribution in [0.2, 0.25) is 0 Å². The number of hydrogen-bond donors (Lipinski definition) is 0. The van der Waals surface area contributed by atoms with Gasteiger partial charge in [-0.05, 0) is 50.2 Å². The van der Waals surface area contributed by atoms with Gasteiger partial charge in [0.15, 0.2) is 11.5 Å². The summed E-state index contributed by atoms with van der Waals surface area (Å²) in [6, 6.07) is 10.8. The van der Waals surface area contributed by atoms with Crippen LogP contribution in [0.25, 0.3) is 0 Å². The van der Waals surface area contributed by atoms with Gasteiger partial charge in [0.05, 0.1) is 23.8 Å². The first-order valence-corrected chi connectivity index (χ1v) is 10.7. The third kappa shape index (κ3) is 4.73. The molecule has 0 unspecified atom stereocenters. The van der Waals surface area contributed by atoms with Crippen LogP contribution in [-0.4, -0.2) is 47.4 Å². The van der Waals surface area contributed by atoms with Crippen LogP contribution in [0.3, 0.4) is 0 Å². The van der Waals surface area contributed by atoms with Crippen LogP contribution < -0.4 is 18.5 Å². The first-order valence-electron chi connectivity index (χ1n) is 9.26. The van der Waals surface area contributed by atoms with Crippen molar-refractivity contribution in [3.63, 3.8) is 0 Å². The topological polar surface area (TPSA) is 91.4 Å². The molecule has 9 heteroatoms. The molecule has 1 heterocycles. The maximum absolute atomic E-state index is 13.3. The Balaban J connectivity index is 1.99. The summed E-state index contributed by atoms with van der Waals surface area (Å²) in [5.41, 5.74) is 0.274. The lowest BCUT2D eigenvalue weighted by atomic mass is 10.2. The maximum Gasteiger partial charge on any atom is 0.326 e. The average Bonchev–Trinajstić information content (AvgIpc) is 2.72. The Morgan fingerprint density at radius 1 is 1.00 bits per heavy atom. The number of fused-ring (bicyclic) bond motifs is 1. The number of anilines is 1. The minimum absolute atomic E-state index is 0.0279. The summed E-state index contributed by atoms with van der Waals surface area (Å²) in [5.74, 6) is 0.846. The van der Waals surface area contributed by atoms with Gasteiger partial charge in [-0.15, -0.1) is 0 Å². The van der Waals surface area contributed by atoms with Gasteiger partial charge in [0.1, 0.15) is 25.5 Å². The van der Waals surface area contributed by atoms with Gasteiger partial charge in [0.25, 0.3) is 10.0 Å². The highest BCUT2D eigenvalue weighted by molar-refractivity contribution is 7.92. The summed E-state index contributed by atoms with van der Waals surface area (Å²) in [6.45, 7) is 4.43. The van der Waals surface area contributed by atoms with Gasteiger partial charge in [0.2, 0.25) is 0 Å². The highest BCUT2D eigenvalue weighted by atomic mass is 32.2. The Hall–Kier alpha value is -2.94. The minimum Gasteiger partial charge on any atom is -0.494 e. The molecule has 1 aliphatic rings. The molecule has 2 aromatic rings. The Bertz CT molecular complexity index is 957. The van der Waals surface area contributed by atoms with Crippen molar-refractivity contribution < 1.29 is 32.2 Å². The average molecular weight is 421 g/mol. The SMILES string of the molecule is CCOC(=O)CN(c1ccc2c(c1)OCCO2)S(=O)(=O)c1ccc(OCC)cc1. The largest absolute Gasteiger partial charge is 0.494 e. The first-order chi connectivity index (χ1) is 14.0. The van der Waals surface area contributed by atoms with Crippen LogP contribution in [0.1, 0.15) is 13.8 Å². The van der Waals surface area contributed by atoms with E-state index in [1.165, 1.54) is 12.1 Å². The smallest absolute Gasteiger partial charge is 0.326 e. The molecule has 0 bridgehead atoms. The molecule has 0 amide bonds. The van der Waals surface area contributed by atoms with E-state index in [0.29, 0.717) is 37.1 Å². The fourth-order valence-corrected chi connectivity index (χ4v) is 4.23. The molecule has 0 saturated heterocycles.